The molecule has 0 bridgehead atoms. The molecule has 0 N–H and O–H groups in total. The van der Waals surface area contributed by atoms with Gasteiger partial charge < -0.3 is 0 Å². The van der Waals surface area contributed by atoms with E-state index >= 15 is 0 Å². The van der Waals surface area contributed by atoms with Crippen molar-refractivity contribution >= 4 is 31.9 Å². The molecule has 0 heterocycles. The number of alkyl halides is 1. The molecule has 0 aromatic heterocycles. The van der Waals surface area contributed by atoms with Crippen LogP contribution in [-0.4, -0.2) is 5.33 Å². The Morgan fingerprint density at radius 1 is 0.947 bits per heavy atom. The van der Waals surface area contributed by atoms with Crippen LogP contribution in [0.4, 0.5) is 8.78 Å². The average Bonchev–Trinajstić information content (AvgIpc) is 2.40. The lowest BCUT2D eigenvalue weighted by Gasteiger charge is -2.15. The highest BCUT2D eigenvalue weighted by atomic mass is 79.9. The van der Waals surface area contributed by atoms with E-state index < -0.39 is 11.6 Å². The lowest BCUT2D eigenvalue weighted by molar-refractivity contribution is 0.545. The Bertz CT molecular complexity index is 532. The van der Waals surface area contributed by atoms with E-state index in [4.69, 9.17) is 0 Å². The molecule has 0 aliphatic heterocycles. The summed E-state index contributed by atoms with van der Waals surface area (Å²) < 4.78 is 28.3. The maximum atomic E-state index is 13.7. The molecule has 1 atom stereocenters. The van der Waals surface area contributed by atoms with Crippen LogP contribution >= 0.6 is 31.9 Å². The van der Waals surface area contributed by atoms with E-state index in [1.807, 2.05) is 24.3 Å². The molecule has 0 saturated heterocycles. The fourth-order valence-corrected chi connectivity index (χ4v) is 2.84. The molecule has 0 fully saturated rings. The molecule has 0 amide bonds. The third kappa shape index (κ3) is 3.63. The monoisotopic (exact) mass is 388 g/mol. The van der Waals surface area contributed by atoms with Crippen LogP contribution in [0, 0.1) is 11.6 Å². The van der Waals surface area contributed by atoms with Gasteiger partial charge in [-0.05, 0) is 42.2 Å². The Kier molecular flexibility index (Phi) is 5.11. The molecule has 19 heavy (non-hydrogen) atoms. The lowest BCUT2D eigenvalue weighted by atomic mass is 9.93. The van der Waals surface area contributed by atoms with E-state index in [0.29, 0.717) is 11.8 Å². The lowest BCUT2D eigenvalue weighted by Crippen LogP contribution is -2.07. The van der Waals surface area contributed by atoms with Crippen molar-refractivity contribution in [2.75, 3.05) is 5.33 Å². The first-order chi connectivity index (χ1) is 9.11. The normalized spacial score (nSPS) is 12.4. The smallest absolute Gasteiger partial charge is 0.129 e. The number of halogens is 4. The standard InChI is InChI=1S/C15H12Br2F2/c16-9-11(10-4-6-12(17)7-5-10)8-13-14(18)2-1-3-15(13)19/h1-7,11H,8-9H2. The Morgan fingerprint density at radius 3 is 2.05 bits per heavy atom. The van der Waals surface area contributed by atoms with Crippen molar-refractivity contribution < 1.29 is 8.78 Å². The molecule has 2 rings (SSSR count). The van der Waals surface area contributed by atoms with Crippen molar-refractivity contribution in [2.45, 2.75) is 12.3 Å². The topological polar surface area (TPSA) is 0 Å². The second kappa shape index (κ2) is 6.62. The average molecular weight is 390 g/mol. The number of hydrogen-bond donors (Lipinski definition) is 0. The van der Waals surface area contributed by atoms with Crippen molar-refractivity contribution in [3.8, 4) is 0 Å². The molecule has 2 aromatic rings. The van der Waals surface area contributed by atoms with Gasteiger partial charge >= 0.3 is 0 Å². The maximum Gasteiger partial charge on any atom is 0.129 e. The van der Waals surface area contributed by atoms with Crippen LogP contribution in [0.2, 0.25) is 0 Å². The molecule has 0 nitrogen and oxygen atoms in total. The molecular formula is C15H12Br2F2. The molecule has 1 unspecified atom stereocenters. The Hall–Kier alpha value is -0.740. The van der Waals surface area contributed by atoms with Gasteiger partial charge in [0, 0.05) is 15.4 Å². The summed E-state index contributed by atoms with van der Waals surface area (Å²) >= 11 is 6.80. The van der Waals surface area contributed by atoms with Gasteiger partial charge in [0.25, 0.3) is 0 Å². The van der Waals surface area contributed by atoms with E-state index in [1.165, 1.54) is 18.2 Å². The van der Waals surface area contributed by atoms with Crippen molar-refractivity contribution in [3.05, 3.63) is 69.7 Å². The summed E-state index contributed by atoms with van der Waals surface area (Å²) in [6.07, 6.45) is 0.339. The molecule has 2 aromatic carbocycles. The van der Waals surface area contributed by atoms with Crippen molar-refractivity contribution in [3.63, 3.8) is 0 Å². The van der Waals surface area contributed by atoms with E-state index in [0.717, 1.165) is 10.0 Å². The first kappa shape index (κ1) is 14.7. The van der Waals surface area contributed by atoms with Crippen LogP contribution in [-0.2, 0) is 6.42 Å². The van der Waals surface area contributed by atoms with Crippen LogP contribution in [0.15, 0.2) is 46.9 Å². The predicted molar refractivity (Wildman–Crippen MR) is 80.7 cm³/mol. The third-order valence-electron chi connectivity index (χ3n) is 3.04. The third-order valence-corrected chi connectivity index (χ3v) is 4.35. The Morgan fingerprint density at radius 2 is 1.53 bits per heavy atom. The van der Waals surface area contributed by atoms with Crippen molar-refractivity contribution in [1.82, 2.24) is 0 Å². The Balaban J connectivity index is 2.26. The highest BCUT2D eigenvalue weighted by Gasteiger charge is 2.16. The minimum absolute atomic E-state index is 0.0412. The quantitative estimate of drug-likeness (QED) is 0.610. The summed E-state index contributed by atoms with van der Waals surface area (Å²) in [5.74, 6) is -0.925. The van der Waals surface area contributed by atoms with E-state index in [1.54, 1.807) is 0 Å². The van der Waals surface area contributed by atoms with Gasteiger partial charge in [0.2, 0.25) is 0 Å². The van der Waals surface area contributed by atoms with Crippen LogP contribution in [0.5, 0.6) is 0 Å². The van der Waals surface area contributed by atoms with Gasteiger partial charge in [-0.2, -0.15) is 0 Å². The zero-order valence-corrected chi connectivity index (χ0v) is 13.2. The van der Waals surface area contributed by atoms with Crippen LogP contribution < -0.4 is 0 Å². The number of rotatable bonds is 4. The molecule has 100 valence electrons. The van der Waals surface area contributed by atoms with Crippen LogP contribution in [0.1, 0.15) is 17.0 Å². The predicted octanol–water partition coefficient (Wildman–Crippen LogP) is 5.45. The second-order valence-corrected chi connectivity index (χ2v) is 5.87. The fraction of sp³-hybridized carbons (Fsp3) is 0.200. The molecule has 0 aliphatic rings. The molecular weight excluding hydrogens is 378 g/mol. The van der Waals surface area contributed by atoms with Gasteiger partial charge in [0.1, 0.15) is 11.6 Å². The summed E-state index contributed by atoms with van der Waals surface area (Å²) in [6.45, 7) is 0. The SMILES string of the molecule is Fc1cccc(F)c1CC(CBr)c1ccc(Br)cc1. The minimum Gasteiger partial charge on any atom is -0.207 e. The van der Waals surface area contributed by atoms with Crippen molar-refractivity contribution in [1.29, 1.82) is 0 Å². The molecule has 0 saturated carbocycles. The van der Waals surface area contributed by atoms with Gasteiger partial charge in [-0.25, -0.2) is 8.78 Å². The molecule has 0 aliphatic carbocycles. The highest BCUT2D eigenvalue weighted by Crippen LogP contribution is 2.26. The highest BCUT2D eigenvalue weighted by molar-refractivity contribution is 9.10. The van der Waals surface area contributed by atoms with Crippen molar-refractivity contribution in [2.24, 2.45) is 0 Å². The molecule has 0 radical (unpaired) electrons. The van der Waals surface area contributed by atoms with Gasteiger partial charge in [-0.3, -0.25) is 0 Å². The largest absolute Gasteiger partial charge is 0.207 e. The first-order valence-corrected chi connectivity index (χ1v) is 7.77. The fourth-order valence-electron chi connectivity index (χ4n) is 1.97. The molecule has 4 heteroatoms. The van der Waals surface area contributed by atoms with Crippen LogP contribution in [0.3, 0.4) is 0 Å². The van der Waals surface area contributed by atoms with E-state index in [2.05, 4.69) is 31.9 Å². The zero-order valence-electron chi connectivity index (χ0n) is 10.0. The summed E-state index contributed by atoms with van der Waals surface area (Å²) in [6, 6.07) is 11.8. The summed E-state index contributed by atoms with van der Waals surface area (Å²) in [7, 11) is 0. The maximum absolute atomic E-state index is 13.7. The van der Waals surface area contributed by atoms with Gasteiger partial charge in [0.15, 0.2) is 0 Å². The summed E-state index contributed by atoms with van der Waals surface area (Å²) in [5.41, 5.74) is 1.21. The minimum atomic E-state index is -0.483. The Labute approximate surface area is 128 Å². The van der Waals surface area contributed by atoms with Gasteiger partial charge in [-0.1, -0.05) is 50.1 Å². The van der Waals surface area contributed by atoms with Gasteiger partial charge in [-0.15, -0.1) is 0 Å². The van der Waals surface area contributed by atoms with Gasteiger partial charge in [0.05, 0.1) is 0 Å². The van der Waals surface area contributed by atoms with E-state index in [9.17, 15) is 8.78 Å². The number of benzene rings is 2. The van der Waals surface area contributed by atoms with Crippen LogP contribution in [0.25, 0.3) is 0 Å². The summed E-state index contributed by atoms with van der Waals surface area (Å²) in [4.78, 5) is 0. The summed E-state index contributed by atoms with van der Waals surface area (Å²) in [5, 5.41) is 0.655. The molecule has 0 spiro atoms. The zero-order chi connectivity index (χ0) is 13.8. The first-order valence-electron chi connectivity index (χ1n) is 5.86. The second-order valence-electron chi connectivity index (χ2n) is 4.31. The number of hydrogen-bond acceptors (Lipinski definition) is 0. The van der Waals surface area contributed by atoms with E-state index in [-0.39, 0.29) is 11.5 Å².